The highest BCUT2D eigenvalue weighted by molar-refractivity contribution is 6.06. The number of primary amides is 1. The summed E-state index contributed by atoms with van der Waals surface area (Å²) >= 11 is 0. The molecular weight excluding hydrogens is 208 g/mol. The lowest BCUT2D eigenvalue weighted by molar-refractivity contribution is -0.117. The van der Waals surface area contributed by atoms with E-state index in [-0.39, 0.29) is 12.5 Å². The van der Waals surface area contributed by atoms with Gasteiger partial charge in [0.25, 0.3) is 5.91 Å². The molecule has 2 heterocycles. The van der Waals surface area contributed by atoms with Crippen molar-refractivity contribution in [1.82, 2.24) is 15.3 Å². The van der Waals surface area contributed by atoms with E-state index in [1.165, 1.54) is 0 Å². The van der Waals surface area contributed by atoms with Crippen LogP contribution in [0.1, 0.15) is 10.4 Å². The van der Waals surface area contributed by atoms with Crippen LogP contribution in [-0.2, 0) is 4.79 Å². The van der Waals surface area contributed by atoms with Gasteiger partial charge in [0.15, 0.2) is 0 Å². The van der Waals surface area contributed by atoms with Gasteiger partial charge in [0.2, 0.25) is 5.91 Å². The fraction of sp³-hybridized carbons (Fsp3) is 0.100. The van der Waals surface area contributed by atoms with E-state index in [1.807, 2.05) is 0 Å². The fourth-order valence-electron chi connectivity index (χ4n) is 1.41. The van der Waals surface area contributed by atoms with Crippen LogP contribution in [0.3, 0.4) is 0 Å². The maximum absolute atomic E-state index is 11.7. The number of aromatic amines is 1. The highest BCUT2D eigenvalue weighted by Crippen LogP contribution is 2.14. The first-order chi connectivity index (χ1) is 7.68. The zero-order chi connectivity index (χ0) is 11.5. The normalized spacial score (nSPS) is 10.2. The number of nitrogens with zero attached hydrogens (tertiary/aromatic N) is 1. The smallest absolute Gasteiger partial charge is 0.253 e. The summed E-state index contributed by atoms with van der Waals surface area (Å²) in [4.78, 5) is 29.1. The van der Waals surface area contributed by atoms with Crippen LogP contribution in [0.5, 0.6) is 0 Å². The van der Waals surface area contributed by atoms with Crippen molar-refractivity contribution in [3.8, 4) is 0 Å². The zero-order valence-corrected chi connectivity index (χ0v) is 8.36. The van der Waals surface area contributed by atoms with Crippen molar-refractivity contribution in [3.05, 3.63) is 30.1 Å². The molecule has 0 saturated heterocycles. The van der Waals surface area contributed by atoms with Gasteiger partial charge in [-0.05, 0) is 12.1 Å². The summed E-state index contributed by atoms with van der Waals surface area (Å²) in [5.74, 6) is -0.927. The first-order valence-electron chi connectivity index (χ1n) is 4.67. The molecule has 2 amide bonds. The van der Waals surface area contributed by atoms with E-state index in [0.717, 1.165) is 0 Å². The van der Waals surface area contributed by atoms with E-state index >= 15 is 0 Å². The number of pyridine rings is 1. The maximum atomic E-state index is 11.7. The van der Waals surface area contributed by atoms with Gasteiger partial charge in [-0.3, -0.25) is 9.59 Å². The number of carbonyl (C=O) groups excluding carboxylic acids is 2. The Kier molecular flexibility index (Phi) is 2.55. The van der Waals surface area contributed by atoms with Crippen LogP contribution in [0.2, 0.25) is 0 Å². The van der Waals surface area contributed by atoms with Crippen LogP contribution in [-0.4, -0.2) is 28.3 Å². The molecule has 82 valence electrons. The lowest BCUT2D eigenvalue weighted by Gasteiger charge is -2.00. The Labute approximate surface area is 90.8 Å². The third-order valence-corrected chi connectivity index (χ3v) is 2.12. The van der Waals surface area contributed by atoms with Crippen molar-refractivity contribution in [2.24, 2.45) is 5.73 Å². The molecule has 4 N–H and O–H groups in total. The standard InChI is InChI=1S/C10H10N4O2/c11-8(15)5-14-10(16)7-4-13-9-6(7)2-1-3-12-9/h1-4H,5H2,(H2,11,15)(H,12,13)(H,14,16). The maximum Gasteiger partial charge on any atom is 0.253 e. The zero-order valence-electron chi connectivity index (χ0n) is 8.36. The van der Waals surface area contributed by atoms with Crippen LogP contribution >= 0.6 is 0 Å². The van der Waals surface area contributed by atoms with Gasteiger partial charge in [-0.25, -0.2) is 4.98 Å². The number of carbonyl (C=O) groups is 2. The summed E-state index contributed by atoms with van der Waals surface area (Å²) in [6.45, 7) is -0.175. The van der Waals surface area contributed by atoms with E-state index in [2.05, 4.69) is 15.3 Å². The molecule has 0 aliphatic rings. The number of aromatic nitrogens is 2. The van der Waals surface area contributed by atoms with Crippen LogP contribution in [0.15, 0.2) is 24.5 Å². The third kappa shape index (κ3) is 1.85. The van der Waals surface area contributed by atoms with E-state index in [1.54, 1.807) is 24.5 Å². The second-order valence-corrected chi connectivity index (χ2v) is 3.25. The molecule has 0 atom stereocenters. The molecule has 0 bridgehead atoms. The van der Waals surface area contributed by atoms with E-state index in [9.17, 15) is 9.59 Å². The molecule has 0 fully saturated rings. The average Bonchev–Trinajstić information content (AvgIpc) is 2.69. The summed E-state index contributed by atoms with van der Waals surface area (Å²) < 4.78 is 0. The molecule has 0 aliphatic heterocycles. The van der Waals surface area contributed by atoms with Crippen molar-refractivity contribution in [3.63, 3.8) is 0 Å². The number of amides is 2. The Morgan fingerprint density at radius 1 is 1.50 bits per heavy atom. The first kappa shape index (κ1) is 10.2. The highest BCUT2D eigenvalue weighted by atomic mass is 16.2. The number of rotatable bonds is 3. The minimum absolute atomic E-state index is 0.175. The van der Waals surface area contributed by atoms with Gasteiger partial charge in [0.05, 0.1) is 12.1 Å². The summed E-state index contributed by atoms with van der Waals surface area (Å²) in [5.41, 5.74) is 6.01. The SMILES string of the molecule is NC(=O)CNC(=O)c1c[nH]c2ncccc12. The fourth-order valence-corrected chi connectivity index (χ4v) is 1.41. The van der Waals surface area contributed by atoms with Gasteiger partial charge in [-0.1, -0.05) is 0 Å². The van der Waals surface area contributed by atoms with Crippen LogP contribution in [0.4, 0.5) is 0 Å². The van der Waals surface area contributed by atoms with Crippen LogP contribution < -0.4 is 11.1 Å². The summed E-state index contributed by atoms with van der Waals surface area (Å²) in [5, 5.41) is 3.13. The predicted octanol–water partition coefficient (Wildman–Crippen LogP) is -0.222. The third-order valence-electron chi connectivity index (χ3n) is 2.12. The van der Waals surface area contributed by atoms with Crippen molar-refractivity contribution in [2.75, 3.05) is 6.54 Å². The molecule has 0 saturated carbocycles. The topological polar surface area (TPSA) is 101 Å². The molecule has 2 aromatic heterocycles. The van der Waals surface area contributed by atoms with Crippen molar-refractivity contribution >= 4 is 22.8 Å². The van der Waals surface area contributed by atoms with Gasteiger partial charge < -0.3 is 16.0 Å². The number of hydrogen-bond donors (Lipinski definition) is 3. The Hall–Kier alpha value is -2.37. The van der Waals surface area contributed by atoms with Gasteiger partial charge in [0, 0.05) is 17.8 Å². The van der Waals surface area contributed by atoms with Gasteiger partial charge in [-0.2, -0.15) is 0 Å². The molecule has 2 aromatic rings. The molecule has 0 spiro atoms. The number of nitrogens with two attached hydrogens (primary N) is 1. The Bertz CT molecular complexity index is 546. The van der Waals surface area contributed by atoms with E-state index in [0.29, 0.717) is 16.6 Å². The quantitative estimate of drug-likeness (QED) is 0.663. The molecular formula is C10H10N4O2. The number of nitrogens with one attached hydrogen (secondary N) is 2. The minimum Gasteiger partial charge on any atom is -0.368 e. The highest BCUT2D eigenvalue weighted by Gasteiger charge is 2.12. The lowest BCUT2D eigenvalue weighted by Crippen LogP contribution is -2.33. The van der Waals surface area contributed by atoms with E-state index < -0.39 is 5.91 Å². The van der Waals surface area contributed by atoms with Crippen molar-refractivity contribution in [2.45, 2.75) is 0 Å². The van der Waals surface area contributed by atoms with Crippen molar-refractivity contribution in [1.29, 1.82) is 0 Å². The van der Waals surface area contributed by atoms with Crippen LogP contribution in [0, 0.1) is 0 Å². The first-order valence-corrected chi connectivity index (χ1v) is 4.67. The van der Waals surface area contributed by atoms with Crippen LogP contribution in [0.25, 0.3) is 11.0 Å². The van der Waals surface area contributed by atoms with Gasteiger partial charge >= 0.3 is 0 Å². The molecule has 6 nitrogen and oxygen atoms in total. The lowest BCUT2D eigenvalue weighted by atomic mass is 10.2. The Morgan fingerprint density at radius 3 is 3.06 bits per heavy atom. The van der Waals surface area contributed by atoms with Gasteiger partial charge in [0.1, 0.15) is 5.65 Å². The molecule has 2 rings (SSSR count). The second-order valence-electron chi connectivity index (χ2n) is 3.25. The molecule has 0 aliphatic carbocycles. The molecule has 0 aromatic carbocycles. The summed E-state index contributed by atoms with van der Waals surface area (Å²) in [7, 11) is 0. The molecule has 0 unspecified atom stereocenters. The predicted molar refractivity (Wildman–Crippen MR) is 57.6 cm³/mol. The van der Waals surface area contributed by atoms with Crippen molar-refractivity contribution < 1.29 is 9.59 Å². The Balaban J connectivity index is 2.26. The largest absolute Gasteiger partial charge is 0.368 e. The number of fused-ring (bicyclic) bond motifs is 1. The van der Waals surface area contributed by atoms with E-state index in [4.69, 9.17) is 5.73 Å². The molecule has 16 heavy (non-hydrogen) atoms. The summed E-state index contributed by atoms with van der Waals surface area (Å²) in [6, 6.07) is 3.51. The average molecular weight is 218 g/mol. The second kappa shape index (κ2) is 4.01. The number of H-pyrrole nitrogens is 1. The summed E-state index contributed by atoms with van der Waals surface area (Å²) in [6.07, 6.45) is 3.18. The number of hydrogen-bond acceptors (Lipinski definition) is 3. The van der Waals surface area contributed by atoms with Gasteiger partial charge in [-0.15, -0.1) is 0 Å². The molecule has 0 radical (unpaired) electrons. The molecule has 6 heteroatoms. The Morgan fingerprint density at radius 2 is 2.31 bits per heavy atom. The minimum atomic E-state index is -0.577. The monoisotopic (exact) mass is 218 g/mol.